The summed E-state index contributed by atoms with van der Waals surface area (Å²) in [5, 5.41) is 3.55. The fourth-order valence-electron chi connectivity index (χ4n) is 3.42. The minimum atomic E-state index is 0.507. The second-order valence-corrected chi connectivity index (χ2v) is 7.15. The van der Waals surface area contributed by atoms with Gasteiger partial charge in [-0.1, -0.05) is 20.8 Å². The summed E-state index contributed by atoms with van der Waals surface area (Å²) in [7, 11) is 6.45. The molecule has 2 unspecified atom stereocenters. The van der Waals surface area contributed by atoms with Gasteiger partial charge in [0.1, 0.15) is 0 Å². The van der Waals surface area contributed by atoms with Gasteiger partial charge in [-0.15, -0.1) is 0 Å². The average Bonchev–Trinajstić information content (AvgIpc) is 2.33. The van der Waals surface area contributed by atoms with Crippen LogP contribution in [-0.2, 0) is 0 Å². The van der Waals surface area contributed by atoms with Crippen LogP contribution in [0.25, 0.3) is 0 Å². The van der Waals surface area contributed by atoms with Crippen molar-refractivity contribution in [2.75, 3.05) is 40.8 Å². The Kier molecular flexibility index (Phi) is 6.78. The van der Waals surface area contributed by atoms with Crippen molar-refractivity contribution in [2.24, 2.45) is 5.41 Å². The van der Waals surface area contributed by atoms with Gasteiger partial charge in [0.15, 0.2) is 0 Å². The smallest absolute Gasteiger partial charge is 0.0254 e. The zero-order valence-corrected chi connectivity index (χ0v) is 14.0. The first-order chi connectivity index (χ1) is 8.89. The van der Waals surface area contributed by atoms with Crippen LogP contribution in [-0.4, -0.2) is 62.7 Å². The van der Waals surface area contributed by atoms with Crippen molar-refractivity contribution >= 4 is 0 Å². The molecule has 19 heavy (non-hydrogen) atoms. The number of hydrogen-bond acceptors (Lipinski definition) is 3. The summed E-state index contributed by atoms with van der Waals surface area (Å²) in [6.45, 7) is 10.8. The van der Waals surface area contributed by atoms with Crippen LogP contribution in [0.3, 0.4) is 0 Å². The van der Waals surface area contributed by atoms with Gasteiger partial charge in [0.2, 0.25) is 0 Å². The van der Waals surface area contributed by atoms with E-state index >= 15 is 0 Å². The molecule has 1 aliphatic carbocycles. The van der Waals surface area contributed by atoms with Crippen LogP contribution in [0.1, 0.15) is 46.5 Å². The number of hydrogen-bond donors (Lipinski definition) is 1. The van der Waals surface area contributed by atoms with E-state index in [2.05, 4.69) is 57.0 Å². The molecule has 114 valence electrons. The Hall–Kier alpha value is -0.120. The van der Waals surface area contributed by atoms with Crippen molar-refractivity contribution in [3.05, 3.63) is 0 Å². The lowest BCUT2D eigenvalue weighted by molar-refractivity contribution is 0.0687. The zero-order chi connectivity index (χ0) is 14.5. The lowest BCUT2D eigenvalue weighted by Crippen LogP contribution is -2.54. The van der Waals surface area contributed by atoms with Gasteiger partial charge in [0.05, 0.1) is 0 Å². The molecule has 1 aliphatic rings. The molecule has 0 heterocycles. The van der Waals surface area contributed by atoms with Gasteiger partial charge in [-0.3, -0.25) is 4.90 Å². The maximum atomic E-state index is 3.55. The number of rotatable bonds is 7. The van der Waals surface area contributed by atoms with Gasteiger partial charge in [-0.2, -0.15) is 0 Å². The largest absolute Gasteiger partial charge is 0.315 e. The molecular weight excluding hydrogens is 234 g/mol. The van der Waals surface area contributed by atoms with Crippen LogP contribution < -0.4 is 5.32 Å². The molecule has 3 nitrogen and oxygen atoms in total. The number of nitrogens with one attached hydrogen (secondary N) is 1. The third-order valence-electron chi connectivity index (χ3n) is 4.65. The lowest BCUT2D eigenvalue weighted by atomic mass is 9.72. The molecule has 0 aromatic carbocycles. The first-order valence-corrected chi connectivity index (χ1v) is 7.95. The molecule has 0 spiro atoms. The van der Waals surface area contributed by atoms with Crippen molar-refractivity contribution in [1.29, 1.82) is 0 Å². The predicted molar refractivity (Wildman–Crippen MR) is 84.7 cm³/mol. The fraction of sp³-hybridized carbons (Fsp3) is 1.00. The van der Waals surface area contributed by atoms with Crippen LogP contribution in [0.2, 0.25) is 0 Å². The quantitative estimate of drug-likeness (QED) is 0.766. The van der Waals surface area contributed by atoms with Gasteiger partial charge in [-0.05, 0) is 71.9 Å². The maximum Gasteiger partial charge on any atom is 0.0254 e. The second kappa shape index (κ2) is 7.61. The third kappa shape index (κ3) is 5.41. The normalized spacial score (nSPS) is 27.2. The van der Waals surface area contributed by atoms with E-state index in [1.165, 1.54) is 45.3 Å². The molecule has 0 aromatic rings. The average molecular weight is 269 g/mol. The van der Waals surface area contributed by atoms with Crippen molar-refractivity contribution in [1.82, 2.24) is 15.1 Å². The summed E-state index contributed by atoms with van der Waals surface area (Å²) in [5.74, 6) is 0. The maximum absolute atomic E-state index is 3.55. The van der Waals surface area contributed by atoms with E-state index < -0.39 is 0 Å². The Morgan fingerprint density at radius 2 is 1.89 bits per heavy atom. The summed E-state index contributed by atoms with van der Waals surface area (Å²) in [6.07, 6.45) is 5.27. The molecule has 0 aromatic heterocycles. The fourth-order valence-corrected chi connectivity index (χ4v) is 3.42. The monoisotopic (exact) mass is 269 g/mol. The molecular formula is C16H35N3. The van der Waals surface area contributed by atoms with E-state index in [9.17, 15) is 0 Å². The molecule has 0 radical (unpaired) electrons. The van der Waals surface area contributed by atoms with Crippen molar-refractivity contribution in [3.63, 3.8) is 0 Å². The minimum Gasteiger partial charge on any atom is -0.315 e. The molecule has 0 bridgehead atoms. The van der Waals surface area contributed by atoms with Crippen molar-refractivity contribution in [2.45, 2.75) is 58.5 Å². The van der Waals surface area contributed by atoms with Crippen LogP contribution in [0, 0.1) is 5.41 Å². The van der Waals surface area contributed by atoms with E-state index in [1.54, 1.807) is 0 Å². The van der Waals surface area contributed by atoms with Gasteiger partial charge >= 0.3 is 0 Å². The van der Waals surface area contributed by atoms with Crippen LogP contribution in [0.5, 0.6) is 0 Å². The Bertz CT molecular complexity index is 250. The van der Waals surface area contributed by atoms with E-state index in [0.717, 1.165) is 0 Å². The van der Waals surface area contributed by atoms with E-state index in [0.29, 0.717) is 17.5 Å². The van der Waals surface area contributed by atoms with E-state index in [-0.39, 0.29) is 0 Å². The summed E-state index contributed by atoms with van der Waals surface area (Å²) >= 11 is 0. The Labute approximate surface area is 120 Å². The molecule has 2 atom stereocenters. The molecule has 0 saturated heterocycles. The summed E-state index contributed by atoms with van der Waals surface area (Å²) in [4.78, 5) is 4.99. The molecule has 1 fully saturated rings. The standard InChI is InChI=1S/C16H35N3/c1-7-19(12-8-11-18(5)6)15-13-16(2,3)10-9-14(15)17-4/h14-15,17H,7-13H2,1-6H3. The van der Waals surface area contributed by atoms with Crippen LogP contribution in [0.4, 0.5) is 0 Å². The highest BCUT2D eigenvalue weighted by molar-refractivity contribution is 4.93. The molecule has 0 amide bonds. The number of likely N-dealkylation sites (N-methyl/N-ethyl adjacent to an activating group) is 2. The van der Waals surface area contributed by atoms with Gasteiger partial charge in [0.25, 0.3) is 0 Å². The van der Waals surface area contributed by atoms with Crippen molar-refractivity contribution < 1.29 is 0 Å². The van der Waals surface area contributed by atoms with Crippen LogP contribution in [0.15, 0.2) is 0 Å². The van der Waals surface area contributed by atoms with E-state index in [4.69, 9.17) is 0 Å². The Balaban J connectivity index is 2.59. The van der Waals surface area contributed by atoms with Gasteiger partial charge < -0.3 is 10.2 Å². The second-order valence-electron chi connectivity index (χ2n) is 7.15. The van der Waals surface area contributed by atoms with Crippen LogP contribution >= 0.6 is 0 Å². The molecule has 1 N–H and O–H groups in total. The zero-order valence-electron chi connectivity index (χ0n) is 14.0. The molecule has 1 rings (SSSR count). The highest BCUT2D eigenvalue weighted by Gasteiger charge is 2.36. The van der Waals surface area contributed by atoms with E-state index in [1.807, 2.05) is 0 Å². The van der Waals surface area contributed by atoms with Gasteiger partial charge in [0, 0.05) is 12.1 Å². The first kappa shape index (κ1) is 16.9. The topological polar surface area (TPSA) is 18.5 Å². The summed E-state index contributed by atoms with van der Waals surface area (Å²) in [5.41, 5.74) is 0.507. The van der Waals surface area contributed by atoms with Crippen molar-refractivity contribution in [3.8, 4) is 0 Å². The Morgan fingerprint density at radius 1 is 1.21 bits per heavy atom. The third-order valence-corrected chi connectivity index (χ3v) is 4.65. The first-order valence-electron chi connectivity index (χ1n) is 7.95. The van der Waals surface area contributed by atoms with Gasteiger partial charge in [-0.25, -0.2) is 0 Å². The molecule has 1 saturated carbocycles. The lowest BCUT2D eigenvalue weighted by Gasteiger charge is -2.46. The summed E-state index contributed by atoms with van der Waals surface area (Å²) < 4.78 is 0. The summed E-state index contributed by atoms with van der Waals surface area (Å²) in [6, 6.07) is 1.38. The number of nitrogens with zero attached hydrogens (tertiary/aromatic N) is 2. The molecule has 3 heteroatoms. The highest BCUT2D eigenvalue weighted by atomic mass is 15.2. The molecule has 0 aliphatic heterocycles. The predicted octanol–water partition coefficient (Wildman–Crippen LogP) is 2.43. The minimum absolute atomic E-state index is 0.507. The SMILES string of the molecule is CCN(CCCN(C)C)C1CC(C)(C)CCC1NC. The Morgan fingerprint density at radius 3 is 2.42 bits per heavy atom. The highest BCUT2D eigenvalue weighted by Crippen LogP contribution is 2.37.